The summed E-state index contributed by atoms with van der Waals surface area (Å²) in [6.07, 6.45) is 6.44. The fourth-order valence-corrected chi connectivity index (χ4v) is 2.76. The van der Waals surface area contributed by atoms with Gasteiger partial charge in [0.2, 0.25) is 0 Å². The Bertz CT molecular complexity index is 229. The zero-order chi connectivity index (χ0) is 9.97. The first-order valence-electron chi connectivity index (χ1n) is 5.50. The molecule has 0 amide bonds. The molecule has 1 aliphatic carbocycles. The van der Waals surface area contributed by atoms with Gasteiger partial charge in [0.05, 0.1) is 6.10 Å². The monoisotopic (exact) mass is 215 g/mol. The smallest absolute Gasteiger partial charge is 0.0580 e. The first-order valence-corrected chi connectivity index (χ1v) is 5.88. The molecule has 0 saturated heterocycles. The molecular weight excluding hydrogens is 198 g/mol. The Morgan fingerprint density at radius 3 is 3.00 bits per heavy atom. The van der Waals surface area contributed by atoms with Crippen molar-refractivity contribution in [2.75, 3.05) is 19.6 Å². The topological polar surface area (TPSA) is 23.5 Å². The molecule has 0 spiro atoms. The SMILES string of the molecule is OC1CCCC1CN1CCC=C(Cl)C1. The Morgan fingerprint density at radius 2 is 2.36 bits per heavy atom. The van der Waals surface area contributed by atoms with Gasteiger partial charge in [-0.2, -0.15) is 0 Å². The van der Waals surface area contributed by atoms with Gasteiger partial charge in [0.15, 0.2) is 0 Å². The molecule has 0 aromatic rings. The van der Waals surface area contributed by atoms with Gasteiger partial charge in [-0.3, -0.25) is 4.90 Å². The van der Waals surface area contributed by atoms with E-state index in [0.717, 1.165) is 37.5 Å². The summed E-state index contributed by atoms with van der Waals surface area (Å²) in [5, 5.41) is 10.7. The van der Waals surface area contributed by atoms with E-state index in [2.05, 4.69) is 11.0 Å². The van der Waals surface area contributed by atoms with Crippen LogP contribution in [0.1, 0.15) is 25.7 Å². The number of aliphatic hydroxyl groups excluding tert-OH is 1. The molecule has 1 heterocycles. The second kappa shape index (κ2) is 4.65. The Balaban J connectivity index is 1.82. The molecule has 0 aromatic heterocycles. The summed E-state index contributed by atoms with van der Waals surface area (Å²) in [5.74, 6) is 0.484. The largest absolute Gasteiger partial charge is 0.393 e. The van der Waals surface area contributed by atoms with Crippen LogP contribution in [0.3, 0.4) is 0 Å². The number of nitrogens with zero attached hydrogens (tertiary/aromatic N) is 1. The van der Waals surface area contributed by atoms with Crippen molar-refractivity contribution in [2.45, 2.75) is 31.8 Å². The van der Waals surface area contributed by atoms with Crippen molar-refractivity contribution in [1.29, 1.82) is 0 Å². The molecule has 2 rings (SSSR count). The Labute approximate surface area is 90.5 Å². The Hall–Kier alpha value is -0.0500. The summed E-state index contributed by atoms with van der Waals surface area (Å²) < 4.78 is 0. The number of halogens is 1. The van der Waals surface area contributed by atoms with Crippen molar-refractivity contribution < 1.29 is 5.11 Å². The maximum Gasteiger partial charge on any atom is 0.0580 e. The average molecular weight is 216 g/mol. The summed E-state index contributed by atoms with van der Waals surface area (Å²) in [6.45, 7) is 3.00. The molecule has 0 radical (unpaired) electrons. The van der Waals surface area contributed by atoms with E-state index < -0.39 is 0 Å². The van der Waals surface area contributed by atoms with Crippen molar-refractivity contribution in [2.24, 2.45) is 5.92 Å². The Morgan fingerprint density at radius 1 is 1.50 bits per heavy atom. The predicted molar refractivity (Wildman–Crippen MR) is 58.3 cm³/mol. The summed E-state index contributed by atoms with van der Waals surface area (Å²) in [4.78, 5) is 2.36. The van der Waals surface area contributed by atoms with Crippen LogP contribution in [0.4, 0.5) is 0 Å². The van der Waals surface area contributed by atoms with Gasteiger partial charge in [-0.15, -0.1) is 0 Å². The number of hydrogen-bond donors (Lipinski definition) is 1. The van der Waals surface area contributed by atoms with Gasteiger partial charge < -0.3 is 5.11 Å². The second-order valence-electron chi connectivity index (χ2n) is 4.43. The van der Waals surface area contributed by atoms with Crippen molar-refractivity contribution in [3.05, 3.63) is 11.1 Å². The number of hydrogen-bond acceptors (Lipinski definition) is 2. The van der Waals surface area contributed by atoms with Crippen LogP contribution in [0, 0.1) is 5.92 Å². The highest BCUT2D eigenvalue weighted by Crippen LogP contribution is 2.27. The highest BCUT2D eigenvalue weighted by molar-refractivity contribution is 6.29. The van der Waals surface area contributed by atoms with Crippen LogP contribution in [0.15, 0.2) is 11.1 Å². The van der Waals surface area contributed by atoms with E-state index in [9.17, 15) is 5.11 Å². The maximum absolute atomic E-state index is 9.71. The van der Waals surface area contributed by atoms with Crippen LogP contribution in [0.2, 0.25) is 0 Å². The van der Waals surface area contributed by atoms with Crippen LogP contribution >= 0.6 is 11.6 Å². The fraction of sp³-hybridized carbons (Fsp3) is 0.818. The molecule has 2 unspecified atom stereocenters. The molecule has 1 aliphatic heterocycles. The van der Waals surface area contributed by atoms with Crippen LogP contribution in [-0.2, 0) is 0 Å². The minimum absolute atomic E-state index is 0.0697. The van der Waals surface area contributed by atoms with Crippen molar-refractivity contribution in [3.8, 4) is 0 Å². The quantitative estimate of drug-likeness (QED) is 0.762. The van der Waals surface area contributed by atoms with Gasteiger partial charge in [-0.05, 0) is 25.2 Å². The third-order valence-electron chi connectivity index (χ3n) is 3.30. The third-order valence-corrected chi connectivity index (χ3v) is 3.57. The van der Waals surface area contributed by atoms with Gasteiger partial charge in [0.1, 0.15) is 0 Å². The molecule has 0 aromatic carbocycles. The normalized spacial score (nSPS) is 34.6. The molecule has 1 fully saturated rings. The first-order chi connectivity index (χ1) is 6.75. The lowest BCUT2D eigenvalue weighted by atomic mass is 10.0. The molecule has 80 valence electrons. The standard InChI is InChI=1S/C11H18ClNO/c12-10-4-2-6-13(8-10)7-9-3-1-5-11(9)14/h4,9,11,14H,1-3,5-8H2. The van der Waals surface area contributed by atoms with E-state index in [1.54, 1.807) is 0 Å². The van der Waals surface area contributed by atoms with E-state index in [-0.39, 0.29) is 6.10 Å². The average Bonchev–Trinajstić information content (AvgIpc) is 2.52. The maximum atomic E-state index is 9.71. The molecule has 1 N–H and O–H groups in total. The molecule has 14 heavy (non-hydrogen) atoms. The third kappa shape index (κ3) is 2.50. The van der Waals surface area contributed by atoms with E-state index >= 15 is 0 Å². The van der Waals surface area contributed by atoms with Crippen molar-refractivity contribution in [3.63, 3.8) is 0 Å². The van der Waals surface area contributed by atoms with Gasteiger partial charge in [0, 0.05) is 24.7 Å². The lowest BCUT2D eigenvalue weighted by Gasteiger charge is -2.28. The lowest BCUT2D eigenvalue weighted by Crippen LogP contribution is -2.35. The van der Waals surface area contributed by atoms with Crippen LogP contribution in [0.25, 0.3) is 0 Å². The second-order valence-corrected chi connectivity index (χ2v) is 4.92. The summed E-state index contributed by atoms with van der Waals surface area (Å²) in [6, 6.07) is 0. The molecule has 2 nitrogen and oxygen atoms in total. The number of aliphatic hydroxyl groups is 1. The van der Waals surface area contributed by atoms with E-state index in [0.29, 0.717) is 5.92 Å². The van der Waals surface area contributed by atoms with Gasteiger partial charge in [-0.25, -0.2) is 0 Å². The molecule has 2 aliphatic rings. The Kier molecular flexibility index (Phi) is 3.47. The van der Waals surface area contributed by atoms with E-state index in [1.807, 2.05) is 0 Å². The minimum Gasteiger partial charge on any atom is -0.393 e. The molecule has 1 saturated carbocycles. The van der Waals surface area contributed by atoms with E-state index in [4.69, 9.17) is 11.6 Å². The summed E-state index contributed by atoms with van der Waals surface area (Å²) in [5.41, 5.74) is 0. The van der Waals surface area contributed by atoms with E-state index in [1.165, 1.54) is 12.8 Å². The van der Waals surface area contributed by atoms with Crippen LogP contribution in [-0.4, -0.2) is 35.7 Å². The van der Waals surface area contributed by atoms with Gasteiger partial charge in [-0.1, -0.05) is 24.1 Å². The highest BCUT2D eigenvalue weighted by atomic mass is 35.5. The minimum atomic E-state index is -0.0697. The molecule has 0 bridgehead atoms. The molecule has 2 atom stereocenters. The zero-order valence-electron chi connectivity index (χ0n) is 8.45. The predicted octanol–water partition coefficient (Wildman–Crippen LogP) is 1.98. The van der Waals surface area contributed by atoms with Crippen LogP contribution < -0.4 is 0 Å². The van der Waals surface area contributed by atoms with Crippen molar-refractivity contribution in [1.82, 2.24) is 4.90 Å². The molecule has 3 heteroatoms. The van der Waals surface area contributed by atoms with Gasteiger partial charge in [0.25, 0.3) is 0 Å². The van der Waals surface area contributed by atoms with Crippen molar-refractivity contribution >= 4 is 11.6 Å². The molecular formula is C11H18ClNO. The zero-order valence-corrected chi connectivity index (χ0v) is 9.21. The lowest BCUT2D eigenvalue weighted by molar-refractivity contribution is 0.104. The summed E-state index contributed by atoms with van der Waals surface area (Å²) in [7, 11) is 0. The summed E-state index contributed by atoms with van der Waals surface area (Å²) >= 11 is 5.99. The van der Waals surface area contributed by atoms with Gasteiger partial charge >= 0.3 is 0 Å². The first kappa shape index (κ1) is 10.5. The number of rotatable bonds is 2. The van der Waals surface area contributed by atoms with Crippen LogP contribution in [0.5, 0.6) is 0 Å². The fourth-order valence-electron chi connectivity index (χ4n) is 2.48. The highest BCUT2D eigenvalue weighted by Gasteiger charge is 2.27.